The number of aliphatic hydroxyl groups excluding tert-OH is 1. The smallest absolute Gasteiger partial charge is 0.360 e. The molecule has 13 heteroatoms. The number of nitrogens with zero attached hydrogens (tertiary/aromatic N) is 1. The van der Waals surface area contributed by atoms with Crippen molar-refractivity contribution in [2.75, 3.05) is 19.9 Å². The number of rotatable bonds is 23. The Morgan fingerprint density at radius 2 is 1.74 bits per heavy atom. The number of esters is 3. The highest BCUT2D eigenvalue weighted by molar-refractivity contribution is 6.09. The fourth-order valence-electron chi connectivity index (χ4n) is 6.09. The van der Waals surface area contributed by atoms with Gasteiger partial charge in [0.2, 0.25) is 6.79 Å². The lowest BCUT2D eigenvalue weighted by Gasteiger charge is -2.17. The Balaban J connectivity index is 1.61. The average molecular weight is 783 g/mol. The molecule has 1 amide bonds. The standard InChI is InChI=1S/C44H54N4O9/c1-5-7-8-9-18-55-40(51)23-36(45)31-14-12-28(13-15-31)20-39(50)35-21-30(6-2)32(25-49)22-34(35)33-16-17-38(42(52)47-24-29-10-11-29)48-41(33)44(54)57-26-56-43(53)37(46)19-27(3)4/h6,12-17,21-22,27,29,37,45,49H,2,5,7-11,18-20,23-26,46H2,1,3-4H3,(H,47,52)/t37-/m0/s1. The zero-order valence-corrected chi connectivity index (χ0v) is 33.1. The lowest BCUT2D eigenvalue weighted by Crippen LogP contribution is -2.34. The summed E-state index contributed by atoms with van der Waals surface area (Å²) in [6.45, 7) is 9.34. The average Bonchev–Trinajstić information content (AvgIpc) is 4.03. The van der Waals surface area contributed by atoms with Crippen LogP contribution in [0.15, 0.2) is 55.1 Å². The van der Waals surface area contributed by atoms with E-state index in [1.807, 2.05) is 13.8 Å². The van der Waals surface area contributed by atoms with Gasteiger partial charge < -0.3 is 35.8 Å². The number of ketones is 1. The van der Waals surface area contributed by atoms with E-state index in [1.54, 1.807) is 36.4 Å². The molecule has 1 saturated carbocycles. The number of benzene rings is 2. The number of carbonyl (C=O) groups is 5. The SMILES string of the molecule is C=Cc1cc(C(=O)Cc2ccc(C(=N)CC(=O)OCCCCCC)cc2)c(-c2ccc(C(=O)NCC3CC3)nc2C(=O)OCOC(=O)[C@@H](N)CC(C)C)cc1CO. The van der Waals surface area contributed by atoms with Gasteiger partial charge in [-0.2, -0.15) is 0 Å². The molecule has 5 N–H and O–H groups in total. The zero-order valence-electron chi connectivity index (χ0n) is 33.1. The number of aliphatic hydroxyl groups is 1. The van der Waals surface area contributed by atoms with Crippen LogP contribution < -0.4 is 11.1 Å². The number of pyridine rings is 1. The van der Waals surface area contributed by atoms with E-state index in [1.165, 1.54) is 18.2 Å². The molecule has 0 saturated heterocycles. The number of nitrogens with two attached hydrogens (primary N) is 1. The maximum Gasteiger partial charge on any atom is 0.360 e. The summed E-state index contributed by atoms with van der Waals surface area (Å²) >= 11 is 0. The molecule has 4 rings (SSSR count). The molecule has 2 aromatic carbocycles. The van der Waals surface area contributed by atoms with E-state index in [9.17, 15) is 29.1 Å². The second-order valence-corrected chi connectivity index (χ2v) is 14.7. The number of ether oxygens (including phenoxy) is 3. The van der Waals surface area contributed by atoms with Crippen LogP contribution in [-0.2, 0) is 36.8 Å². The number of nitrogens with one attached hydrogen (secondary N) is 2. The molecule has 304 valence electrons. The third kappa shape index (κ3) is 13.3. The molecule has 0 radical (unpaired) electrons. The summed E-state index contributed by atoms with van der Waals surface area (Å²) in [4.78, 5) is 70.0. The molecular weight excluding hydrogens is 729 g/mol. The quantitative estimate of drug-likeness (QED) is 0.0274. The van der Waals surface area contributed by atoms with Crippen molar-refractivity contribution in [2.45, 2.75) is 91.2 Å². The van der Waals surface area contributed by atoms with Crippen LogP contribution in [0, 0.1) is 17.2 Å². The number of Topliss-reactive ketones (excluding diaryl/α,β-unsaturated/α-hetero) is 1. The molecule has 1 fully saturated rings. The molecule has 1 aliphatic rings. The highest BCUT2D eigenvalue weighted by atomic mass is 16.7. The zero-order chi connectivity index (χ0) is 41.5. The van der Waals surface area contributed by atoms with E-state index >= 15 is 0 Å². The first-order chi connectivity index (χ1) is 27.3. The first-order valence-corrected chi connectivity index (χ1v) is 19.5. The van der Waals surface area contributed by atoms with Gasteiger partial charge in [0.15, 0.2) is 11.5 Å². The summed E-state index contributed by atoms with van der Waals surface area (Å²) in [6, 6.07) is 11.9. The topological polar surface area (TPSA) is 208 Å². The van der Waals surface area contributed by atoms with Gasteiger partial charge in [-0.25, -0.2) is 9.78 Å². The molecule has 1 aromatic heterocycles. The van der Waals surface area contributed by atoms with Crippen molar-refractivity contribution in [1.82, 2.24) is 10.3 Å². The van der Waals surface area contributed by atoms with E-state index in [0.29, 0.717) is 47.7 Å². The van der Waals surface area contributed by atoms with Gasteiger partial charge in [0, 0.05) is 29.8 Å². The number of hydrogen-bond acceptors (Lipinski definition) is 12. The summed E-state index contributed by atoms with van der Waals surface area (Å²) < 4.78 is 15.7. The van der Waals surface area contributed by atoms with E-state index in [2.05, 4.69) is 23.8 Å². The third-order valence-corrected chi connectivity index (χ3v) is 9.50. The minimum absolute atomic E-state index is 0.0637. The summed E-state index contributed by atoms with van der Waals surface area (Å²) in [5, 5.41) is 21.5. The summed E-state index contributed by atoms with van der Waals surface area (Å²) in [5.41, 5.74) is 8.20. The summed E-state index contributed by atoms with van der Waals surface area (Å²) in [7, 11) is 0. The number of carbonyl (C=O) groups excluding carboxylic acids is 5. The van der Waals surface area contributed by atoms with Crippen molar-refractivity contribution in [2.24, 2.45) is 17.6 Å². The Hall–Kier alpha value is -5.53. The monoisotopic (exact) mass is 782 g/mol. The predicted molar refractivity (Wildman–Crippen MR) is 216 cm³/mol. The maximum atomic E-state index is 14.1. The van der Waals surface area contributed by atoms with Crippen molar-refractivity contribution in [3.8, 4) is 11.1 Å². The normalized spacial score (nSPS) is 12.7. The minimum Gasteiger partial charge on any atom is -0.465 e. The number of amides is 1. The van der Waals surface area contributed by atoms with Crippen LogP contribution in [0.2, 0.25) is 0 Å². The first kappa shape index (κ1) is 44.2. The number of unbranched alkanes of at least 4 members (excludes halogenated alkanes) is 3. The van der Waals surface area contributed by atoms with Crippen LogP contribution in [0.25, 0.3) is 17.2 Å². The second-order valence-electron chi connectivity index (χ2n) is 14.7. The fourth-order valence-corrected chi connectivity index (χ4v) is 6.09. The van der Waals surface area contributed by atoms with Gasteiger partial charge in [0.05, 0.1) is 19.6 Å². The molecule has 3 aromatic rings. The summed E-state index contributed by atoms with van der Waals surface area (Å²) in [5.74, 6) is -2.58. The lowest BCUT2D eigenvalue weighted by molar-refractivity contribution is -0.154. The van der Waals surface area contributed by atoms with Gasteiger partial charge in [-0.1, -0.05) is 77.0 Å². The van der Waals surface area contributed by atoms with Gasteiger partial charge in [-0.15, -0.1) is 0 Å². The molecule has 0 aliphatic heterocycles. The molecule has 1 heterocycles. The van der Waals surface area contributed by atoms with Crippen molar-refractivity contribution in [3.05, 3.63) is 94.3 Å². The largest absolute Gasteiger partial charge is 0.465 e. The van der Waals surface area contributed by atoms with Gasteiger partial charge in [-0.05, 0) is 89.6 Å². The highest BCUT2D eigenvalue weighted by Crippen LogP contribution is 2.32. The second kappa shape index (κ2) is 21.7. The van der Waals surface area contributed by atoms with Gasteiger partial charge in [0.25, 0.3) is 5.91 Å². The Kier molecular flexibility index (Phi) is 16.8. The molecule has 0 spiro atoms. The van der Waals surface area contributed by atoms with Crippen molar-refractivity contribution < 1.29 is 43.3 Å². The van der Waals surface area contributed by atoms with Gasteiger partial charge in [0.1, 0.15) is 11.7 Å². The third-order valence-electron chi connectivity index (χ3n) is 9.50. The van der Waals surface area contributed by atoms with Gasteiger partial charge >= 0.3 is 17.9 Å². The van der Waals surface area contributed by atoms with E-state index < -0.39 is 43.3 Å². The summed E-state index contributed by atoms with van der Waals surface area (Å²) in [6.07, 6.45) is 7.54. The Bertz CT molecular complexity index is 1940. The fraction of sp³-hybridized carbons (Fsp3) is 0.432. The molecule has 0 unspecified atom stereocenters. The van der Waals surface area contributed by atoms with Crippen molar-refractivity contribution in [1.29, 1.82) is 5.41 Å². The molecule has 0 bridgehead atoms. The molecular formula is C44H54N4O9. The van der Waals surface area contributed by atoms with Crippen LogP contribution in [0.4, 0.5) is 0 Å². The highest BCUT2D eigenvalue weighted by Gasteiger charge is 2.27. The Labute approximate surface area is 333 Å². The minimum atomic E-state index is -1.03. The lowest BCUT2D eigenvalue weighted by atomic mass is 9.89. The van der Waals surface area contributed by atoms with Crippen LogP contribution in [-0.4, -0.2) is 71.4 Å². The maximum absolute atomic E-state index is 14.1. The van der Waals surface area contributed by atoms with E-state index in [4.69, 9.17) is 25.4 Å². The Morgan fingerprint density at radius 3 is 2.39 bits per heavy atom. The van der Waals surface area contributed by atoms with E-state index in [0.717, 1.165) is 38.5 Å². The van der Waals surface area contributed by atoms with Crippen molar-refractivity contribution in [3.63, 3.8) is 0 Å². The predicted octanol–water partition coefficient (Wildman–Crippen LogP) is 6.36. The molecule has 1 atom stereocenters. The first-order valence-electron chi connectivity index (χ1n) is 19.5. The van der Waals surface area contributed by atoms with Gasteiger partial charge in [-0.3, -0.25) is 19.2 Å². The molecule has 13 nitrogen and oxygen atoms in total. The van der Waals surface area contributed by atoms with E-state index in [-0.39, 0.29) is 58.3 Å². The molecule has 1 aliphatic carbocycles. The van der Waals surface area contributed by atoms with Crippen LogP contribution >= 0.6 is 0 Å². The number of aromatic nitrogens is 1. The van der Waals surface area contributed by atoms with Crippen LogP contribution in [0.1, 0.15) is 126 Å². The van der Waals surface area contributed by atoms with Crippen LogP contribution in [0.5, 0.6) is 0 Å². The van der Waals surface area contributed by atoms with Crippen molar-refractivity contribution >= 4 is 41.4 Å². The Morgan fingerprint density at radius 1 is 1.00 bits per heavy atom. The van der Waals surface area contributed by atoms with Crippen LogP contribution in [0.3, 0.4) is 0 Å². The molecule has 57 heavy (non-hydrogen) atoms. The number of hydrogen-bond donors (Lipinski definition) is 4.